The van der Waals surface area contributed by atoms with E-state index in [0.29, 0.717) is 19.5 Å². The number of hydrogen-bond donors (Lipinski definition) is 1. The molecule has 1 aromatic heterocycles. The number of benzene rings is 1. The molecular weight excluding hydrogens is 354 g/mol. The van der Waals surface area contributed by atoms with E-state index >= 15 is 0 Å². The Morgan fingerprint density at radius 2 is 2.00 bits per heavy atom. The highest BCUT2D eigenvalue weighted by Gasteiger charge is 2.34. The zero-order valence-electron chi connectivity index (χ0n) is 16.8. The van der Waals surface area contributed by atoms with Crippen LogP contribution in [0.15, 0.2) is 36.8 Å². The van der Waals surface area contributed by atoms with Gasteiger partial charge in [0.05, 0.1) is 30.4 Å². The molecule has 1 N–H and O–H groups in total. The molecule has 1 amide bonds. The van der Waals surface area contributed by atoms with E-state index in [1.165, 1.54) is 11.1 Å². The second-order valence-corrected chi connectivity index (χ2v) is 8.90. The molecule has 4 rings (SSSR count). The van der Waals surface area contributed by atoms with Crippen molar-refractivity contribution in [2.24, 2.45) is 5.92 Å². The van der Waals surface area contributed by atoms with Crippen LogP contribution in [0.25, 0.3) is 11.3 Å². The molecule has 3 heterocycles. The number of aliphatic hydroxyl groups is 1. The predicted molar refractivity (Wildman–Crippen MR) is 107 cm³/mol. The number of carbonyl (C=O) groups excluding carboxylic acids is 1. The topological polar surface area (TPSA) is 67.6 Å². The van der Waals surface area contributed by atoms with Crippen molar-refractivity contribution < 1.29 is 14.6 Å². The molecule has 0 unspecified atom stereocenters. The molecule has 2 atom stereocenters. The first kappa shape index (κ1) is 19.0. The zero-order valence-corrected chi connectivity index (χ0v) is 16.8. The summed E-state index contributed by atoms with van der Waals surface area (Å²) in [6.45, 7) is 6.91. The Morgan fingerprint density at radius 3 is 2.71 bits per heavy atom. The van der Waals surface area contributed by atoms with E-state index in [1.54, 1.807) is 4.90 Å². The van der Waals surface area contributed by atoms with Crippen molar-refractivity contribution in [2.45, 2.75) is 57.8 Å². The number of imidazole rings is 1. The van der Waals surface area contributed by atoms with Gasteiger partial charge >= 0.3 is 6.09 Å². The average molecular weight is 383 g/mol. The number of fused-ring (bicyclic) bond motifs is 3. The van der Waals surface area contributed by atoms with Crippen LogP contribution in [0.4, 0.5) is 4.79 Å². The van der Waals surface area contributed by atoms with Gasteiger partial charge in [0.2, 0.25) is 0 Å². The van der Waals surface area contributed by atoms with Gasteiger partial charge in [-0.25, -0.2) is 9.78 Å². The smallest absolute Gasteiger partial charge is 0.410 e. The monoisotopic (exact) mass is 383 g/mol. The Balaban J connectivity index is 1.38. The van der Waals surface area contributed by atoms with Crippen LogP contribution in [0.1, 0.15) is 51.6 Å². The number of nitrogens with zero attached hydrogens (tertiary/aromatic N) is 3. The van der Waals surface area contributed by atoms with Crippen LogP contribution in [0.3, 0.4) is 0 Å². The summed E-state index contributed by atoms with van der Waals surface area (Å²) in [7, 11) is 0. The van der Waals surface area contributed by atoms with Gasteiger partial charge in [-0.05, 0) is 51.5 Å². The molecule has 0 saturated carbocycles. The van der Waals surface area contributed by atoms with Crippen molar-refractivity contribution in [2.75, 3.05) is 13.1 Å². The van der Waals surface area contributed by atoms with Gasteiger partial charge < -0.3 is 19.3 Å². The van der Waals surface area contributed by atoms with Gasteiger partial charge in [-0.15, -0.1) is 0 Å². The van der Waals surface area contributed by atoms with Gasteiger partial charge in [-0.2, -0.15) is 0 Å². The molecule has 2 aromatic rings. The van der Waals surface area contributed by atoms with Crippen molar-refractivity contribution >= 4 is 6.09 Å². The summed E-state index contributed by atoms with van der Waals surface area (Å²) in [5.74, 6) is 0.193. The van der Waals surface area contributed by atoms with Crippen molar-refractivity contribution in [3.05, 3.63) is 42.4 Å². The molecule has 1 fully saturated rings. The van der Waals surface area contributed by atoms with Gasteiger partial charge in [0.1, 0.15) is 5.60 Å². The lowest BCUT2D eigenvalue weighted by Gasteiger charge is -2.35. The number of aromatic nitrogens is 2. The Hall–Kier alpha value is -2.34. The van der Waals surface area contributed by atoms with Crippen LogP contribution in [0, 0.1) is 5.92 Å². The summed E-state index contributed by atoms with van der Waals surface area (Å²) in [6, 6.07) is 8.48. The summed E-state index contributed by atoms with van der Waals surface area (Å²) >= 11 is 0. The van der Waals surface area contributed by atoms with Gasteiger partial charge in [-0.3, -0.25) is 0 Å². The van der Waals surface area contributed by atoms with Crippen LogP contribution in [0.5, 0.6) is 0 Å². The molecule has 0 radical (unpaired) electrons. The van der Waals surface area contributed by atoms with Crippen molar-refractivity contribution in [1.29, 1.82) is 0 Å². The second kappa shape index (κ2) is 7.24. The minimum atomic E-state index is -0.480. The maximum atomic E-state index is 12.2. The lowest BCUT2D eigenvalue weighted by Crippen LogP contribution is -2.43. The lowest BCUT2D eigenvalue weighted by molar-refractivity contribution is 0.00557. The third-order valence-corrected chi connectivity index (χ3v) is 5.80. The van der Waals surface area contributed by atoms with Crippen molar-refractivity contribution in [3.8, 4) is 11.3 Å². The van der Waals surface area contributed by atoms with Gasteiger partial charge in [0.25, 0.3) is 0 Å². The summed E-state index contributed by atoms with van der Waals surface area (Å²) in [6.07, 6.45) is 5.34. The number of aliphatic hydroxyl groups excluding tert-OH is 1. The first-order valence-corrected chi connectivity index (χ1v) is 10.1. The molecule has 6 nitrogen and oxygen atoms in total. The standard InChI is InChI=1S/C22H29N3O3/c1-22(2,3)28-21(27)24-10-8-15(9-11-24)20(26)12-18-16-6-4-5-7-17(16)19-13-23-14-25(18)19/h4-7,13-15,18,20,26H,8-12H2,1-3H3/t18-,20+/m1/s1. The molecule has 1 saturated heterocycles. The normalized spacial score (nSPS) is 20.6. The van der Waals surface area contributed by atoms with E-state index in [1.807, 2.05) is 39.4 Å². The molecule has 0 bridgehead atoms. The number of hydrogen-bond acceptors (Lipinski definition) is 4. The van der Waals surface area contributed by atoms with E-state index in [4.69, 9.17) is 4.74 Å². The summed E-state index contributed by atoms with van der Waals surface area (Å²) in [5.41, 5.74) is 3.10. The molecule has 2 aliphatic heterocycles. The largest absolute Gasteiger partial charge is 0.444 e. The van der Waals surface area contributed by atoms with E-state index in [0.717, 1.165) is 18.5 Å². The second-order valence-electron chi connectivity index (χ2n) is 8.90. The average Bonchev–Trinajstić information content (AvgIpc) is 3.23. The summed E-state index contributed by atoms with van der Waals surface area (Å²) < 4.78 is 7.63. The Kier molecular flexibility index (Phi) is 4.91. The molecule has 1 aromatic carbocycles. The first-order chi connectivity index (χ1) is 13.3. The minimum Gasteiger partial charge on any atom is -0.444 e. The van der Waals surface area contributed by atoms with E-state index in [9.17, 15) is 9.90 Å². The Morgan fingerprint density at radius 1 is 1.29 bits per heavy atom. The van der Waals surface area contributed by atoms with E-state index in [-0.39, 0.29) is 18.1 Å². The third kappa shape index (κ3) is 3.65. The number of rotatable bonds is 3. The molecule has 0 aliphatic carbocycles. The molecular formula is C22H29N3O3. The number of likely N-dealkylation sites (tertiary alicyclic amines) is 1. The fourth-order valence-corrected chi connectivity index (χ4v) is 4.39. The maximum absolute atomic E-state index is 12.2. The van der Waals surface area contributed by atoms with E-state index in [2.05, 4.69) is 27.8 Å². The molecule has 0 spiro atoms. The lowest BCUT2D eigenvalue weighted by atomic mass is 9.86. The number of carbonyl (C=O) groups is 1. The number of ether oxygens (including phenoxy) is 1. The zero-order chi connectivity index (χ0) is 19.9. The molecule has 150 valence electrons. The van der Waals surface area contributed by atoms with Crippen molar-refractivity contribution in [1.82, 2.24) is 14.5 Å². The number of piperidine rings is 1. The van der Waals surface area contributed by atoms with E-state index < -0.39 is 11.7 Å². The van der Waals surface area contributed by atoms with Crippen LogP contribution in [0.2, 0.25) is 0 Å². The first-order valence-electron chi connectivity index (χ1n) is 10.1. The third-order valence-electron chi connectivity index (χ3n) is 5.80. The fraction of sp³-hybridized carbons (Fsp3) is 0.545. The minimum absolute atomic E-state index is 0.118. The van der Waals surface area contributed by atoms with Crippen LogP contribution >= 0.6 is 0 Å². The SMILES string of the molecule is CC(C)(C)OC(=O)N1CCC([C@@H](O)C[C@@H]2c3ccccc3-c3cncn32)CC1. The molecule has 6 heteroatoms. The Bertz CT molecular complexity index is 847. The fourth-order valence-electron chi connectivity index (χ4n) is 4.39. The van der Waals surface area contributed by atoms with Crippen molar-refractivity contribution in [3.63, 3.8) is 0 Å². The summed E-state index contributed by atoms with van der Waals surface area (Å²) in [5, 5.41) is 11.0. The maximum Gasteiger partial charge on any atom is 0.410 e. The van der Waals surface area contributed by atoms with Crippen LogP contribution in [-0.4, -0.2) is 50.4 Å². The van der Waals surface area contributed by atoms with Gasteiger partial charge in [-0.1, -0.05) is 24.3 Å². The van der Waals surface area contributed by atoms with Gasteiger partial charge in [0.15, 0.2) is 0 Å². The number of amides is 1. The quantitative estimate of drug-likeness (QED) is 0.874. The molecule has 2 aliphatic rings. The van der Waals surface area contributed by atoms with Crippen LogP contribution in [-0.2, 0) is 4.74 Å². The predicted octanol–water partition coefficient (Wildman–Crippen LogP) is 3.85. The van der Waals surface area contributed by atoms with Crippen LogP contribution < -0.4 is 0 Å². The van der Waals surface area contributed by atoms with Gasteiger partial charge in [0, 0.05) is 18.7 Å². The Labute approximate surface area is 166 Å². The molecule has 28 heavy (non-hydrogen) atoms. The highest BCUT2D eigenvalue weighted by Crippen LogP contribution is 2.42. The summed E-state index contributed by atoms with van der Waals surface area (Å²) in [4.78, 5) is 18.3. The highest BCUT2D eigenvalue weighted by molar-refractivity contribution is 5.69. The highest BCUT2D eigenvalue weighted by atomic mass is 16.6.